The zero-order chi connectivity index (χ0) is 15.6. The maximum Gasteiger partial charge on any atom is 0.435 e. The van der Waals surface area contributed by atoms with E-state index in [-0.39, 0.29) is 6.04 Å². The summed E-state index contributed by atoms with van der Waals surface area (Å²) < 4.78 is 44.9. The van der Waals surface area contributed by atoms with Gasteiger partial charge in [-0.15, -0.1) is 0 Å². The Bertz CT molecular complexity index is 538. The summed E-state index contributed by atoms with van der Waals surface area (Å²) in [6.07, 6.45) is 2.07. The van der Waals surface area contributed by atoms with Crippen LogP contribution in [0.25, 0.3) is 0 Å². The van der Waals surface area contributed by atoms with Crippen molar-refractivity contribution in [2.75, 3.05) is 32.8 Å². The lowest BCUT2D eigenvalue weighted by molar-refractivity contribution is -0.141. The van der Waals surface area contributed by atoms with Crippen molar-refractivity contribution in [2.45, 2.75) is 31.5 Å². The molecule has 1 saturated heterocycles. The molecule has 0 radical (unpaired) electrons. The van der Waals surface area contributed by atoms with E-state index in [0.29, 0.717) is 6.61 Å². The zero-order valence-corrected chi connectivity index (χ0v) is 12.4. The Morgan fingerprint density at radius 2 is 2.23 bits per heavy atom. The minimum absolute atomic E-state index is 0.00922. The average Bonchev–Trinajstić information content (AvgIpc) is 2.99. The summed E-state index contributed by atoms with van der Waals surface area (Å²) in [5.41, 5.74) is 0.455. The van der Waals surface area contributed by atoms with E-state index < -0.39 is 11.9 Å². The minimum atomic E-state index is -4.37. The molecule has 1 aromatic rings. The molecule has 1 aromatic heterocycles. The van der Waals surface area contributed by atoms with Crippen LogP contribution in [0.3, 0.4) is 0 Å². The molecule has 0 bridgehead atoms. The van der Waals surface area contributed by atoms with E-state index in [1.54, 1.807) is 0 Å². The number of piperidine rings is 1. The first kappa shape index (κ1) is 15.6. The van der Waals surface area contributed by atoms with Gasteiger partial charge in [-0.3, -0.25) is 9.58 Å². The van der Waals surface area contributed by atoms with Crippen LogP contribution in [0, 0.1) is 0 Å². The molecule has 4 nitrogen and oxygen atoms in total. The number of rotatable bonds is 3. The Morgan fingerprint density at radius 1 is 1.36 bits per heavy atom. The minimum Gasteiger partial charge on any atom is -0.377 e. The molecule has 1 fully saturated rings. The Kier molecular flexibility index (Phi) is 4.54. The molecule has 1 atom stereocenters. The molecule has 3 rings (SSSR count). The highest BCUT2D eigenvalue weighted by Gasteiger charge is 2.34. The summed E-state index contributed by atoms with van der Waals surface area (Å²) in [5, 5.41) is 3.71. The molecular weight excluding hydrogens is 295 g/mol. The van der Waals surface area contributed by atoms with Gasteiger partial charge in [0.2, 0.25) is 0 Å². The van der Waals surface area contributed by atoms with Gasteiger partial charge < -0.3 is 4.74 Å². The van der Waals surface area contributed by atoms with E-state index in [1.165, 1.54) is 16.5 Å². The van der Waals surface area contributed by atoms with Crippen LogP contribution in [0.1, 0.15) is 31.0 Å². The SMILES string of the molecule is FC(F)(F)c1ccn(C2CCCN(CC3=CCCOC3)C2)n1. The average molecular weight is 315 g/mol. The first-order valence-corrected chi connectivity index (χ1v) is 7.63. The lowest BCUT2D eigenvalue weighted by Crippen LogP contribution is -2.38. The van der Waals surface area contributed by atoms with Gasteiger partial charge in [-0.05, 0) is 37.4 Å². The van der Waals surface area contributed by atoms with Crippen LogP contribution in [0.2, 0.25) is 0 Å². The van der Waals surface area contributed by atoms with Crippen LogP contribution in [0.4, 0.5) is 13.2 Å². The van der Waals surface area contributed by atoms with E-state index >= 15 is 0 Å². The molecule has 7 heteroatoms. The van der Waals surface area contributed by atoms with Crippen molar-refractivity contribution >= 4 is 0 Å². The van der Waals surface area contributed by atoms with E-state index in [4.69, 9.17) is 4.74 Å². The predicted octanol–water partition coefficient (Wildman–Crippen LogP) is 2.89. The zero-order valence-electron chi connectivity index (χ0n) is 12.4. The predicted molar refractivity (Wildman–Crippen MR) is 75.5 cm³/mol. The molecular formula is C15H20F3N3O. The van der Waals surface area contributed by atoms with Crippen molar-refractivity contribution in [3.63, 3.8) is 0 Å². The summed E-state index contributed by atoms with van der Waals surface area (Å²) in [5.74, 6) is 0. The highest BCUT2D eigenvalue weighted by atomic mass is 19.4. The van der Waals surface area contributed by atoms with Crippen LogP contribution in [-0.4, -0.2) is 47.5 Å². The second kappa shape index (κ2) is 6.42. The molecule has 3 heterocycles. The third-order valence-corrected chi connectivity index (χ3v) is 4.16. The van der Waals surface area contributed by atoms with E-state index in [9.17, 15) is 13.2 Å². The van der Waals surface area contributed by atoms with Gasteiger partial charge in [-0.2, -0.15) is 18.3 Å². The van der Waals surface area contributed by atoms with Crippen LogP contribution >= 0.6 is 0 Å². The number of alkyl halides is 3. The van der Waals surface area contributed by atoms with Crippen LogP contribution < -0.4 is 0 Å². The fourth-order valence-electron chi connectivity index (χ4n) is 3.09. The van der Waals surface area contributed by atoms with Crippen molar-refractivity contribution in [1.82, 2.24) is 14.7 Å². The second-order valence-electron chi connectivity index (χ2n) is 5.91. The number of aromatic nitrogens is 2. The number of hydrogen-bond acceptors (Lipinski definition) is 3. The first-order chi connectivity index (χ1) is 10.5. The molecule has 22 heavy (non-hydrogen) atoms. The van der Waals surface area contributed by atoms with Gasteiger partial charge in [0.15, 0.2) is 5.69 Å². The molecule has 0 amide bonds. The summed E-state index contributed by atoms with van der Waals surface area (Å²) in [6, 6.07) is 1.06. The number of likely N-dealkylation sites (tertiary alicyclic amines) is 1. The second-order valence-corrected chi connectivity index (χ2v) is 5.91. The summed E-state index contributed by atoms with van der Waals surface area (Å²) in [7, 11) is 0. The molecule has 2 aliphatic rings. The highest BCUT2D eigenvalue weighted by Crippen LogP contribution is 2.29. The van der Waals surface area contributed by atoms with Gasteiger partial charge in [-0.25, -0.2) is 0 Å². The van der Waals surface area contributed by atoms with Gasteiger partial charge in [0.1, 0.15) is 0 Å². The lowest BCUT2D eigenvalue weighted by atomic mass is 10.0. The van der Waals surface area contributed by atoms with Crippen molar-refractivity contribution in [2.24, 2.45) is 0 Å². The quantitative estimate of drug-likeness (QED) is 0.804. The number of hydrogen-bond donors (Lipinski definition) is 0. The maximum atomic E-state index is 12.6. The first-order valence-electron chi connectivity index (χ1n) is 7.63. The van der Waals surface area contributed by atoms with Crippen molar-refractivity contribution in [1.29, 1.82) is 0 Å². The van der Waals surface area contributed by atoms with E-state index in [0.717, 1.165) is 51.6 Å². The third-order valence-electron chi connectivity index (χ3n) is 4.16. The Balaban J connectivity index is 1.62. The van der Waals surface area contributed by atoms with Crippen LogP contribution in [0.15, 0.2) is 23.9 Å². The van der Waals surface area contributed by atoms with Crippen LogP contribution in [-0.2, 0) is 10.9 Å². The Hall–Kier alpha value is -1.34. The summed E-state index contributed by atoms with van der Waals surface area (Å²) in [6.45, 7) is 3.99. The largest absolute Gasteiger partial charge is 0.435 e. The van der Waals surface area contributed by atoms with Gasteiger partial charge in [0, 0.05) is 19.3 Å². The lowest BCUT2D eigenvalue weighted by Gasteiger charge is -2.33. The molecule has 122 valence electrons. The molecule has 0 spiro atoms. The van der Waals surface area contributed by atoms with E-state index in [1.807, 2.05) is 0 Å². The highest BCUT2D eigenvalue weighted by molar-refractivity contribution is 5.08. The van der Waals surface area contributed by atoms with E-state index in [2.05, 4.69) is 16.1 Å². The van der Waals surface area contributed by atoms with Crippen LogP contribution in [0.5, 0.6) is 0 Å². The molecule has 0 aromatic carbocycles. The molecule has 0 N–H and O–H groups in total. The molecule has 2 aliphatic heterocycles. The van der Waals surface area contributed by atoms with Gasteiger partial charge in [-0.1, -0.05) is 6.08 Å². The topological polar surface area (TPSA) is 30.3 Å². The monoisotopic (exact) mass is 315 g/mol. The normalized spacial score (nSPS) is 24.3. The fraction of sp³-hybridized carbons (Fsp3) is 0.667. The van der Waals surface area contributed by atoms with Gasteiger partial charge in [0.05, 0.1) is 19.3 Å². The molecule has 0 aliphatic carbocycles. The van der Waals surface area contributed by atoms with Gasteiger partial charge >= 0.3 is 6.18 Å². The van der Waals surface area contributed by atoms with Gasteiger partial charge in [0.25, 0.3) is 0 Å². The molecule has 1 unspecified atom stereocenters. The number of halogens is 3. The Morgan fingerprint density at radius 3 is 2.91 bits per heavy atom. The fourth-order valence-corrected chi connectivity index (χ4v) is 3.09. The molecule has 0 saturated carbocycles. The van der Waals surface area contributed by atoms with Crippen molar-refractivity contribution in [3.8, 4) is 0 Å². The number of ether oxygens (including phenoxy) is 1. The van der Waals surface area contributed by atoms with Crippen molar-refractivity contribution in [3.05, 3.63) is 29.6 Å². The summed E-state index contributed by atoms with van der Waals surface area (Å²) in [4.78, 5) is 2.28. The third kappa shape index (κ3) is 3.70. The maximum absolute atomic E-state index is 12.6. The van der Waals surface area contributed by atoms with Crippen molar-refractivity contribution < 1.29 is 17.9 Å². The smallest absolute Gasteiger partial charge is 0.377 e. The number of nitrogens with zero attached hydrogens (tertiary/aromatic N) is 3. The Labute approximate surface area is 127 Å². The standard InChI is InChI=1S/C15H20F3N3O/c16-15(17,18)14-5-7-21(19-14)13-4-1-6-20(10-13)9-12-3-2-8-22-11-12/h3,5,7,13H,1-2,4,6,8-11H2. The summed E-state index contributed by atoms with van der Waals surface area (Å²) >= 11 is 0.